The monoisotopic (exact) mass is 784 g/mol. The lowest BCUT2D eigenvalue weighted by molar-refractivity contribution is -0.140. The van der Waals surface area contributed by atoms with Gasteiger partial charge in [-0.3, -0.25) is 29.0 Å². The predicted molar refractivity (Wildman–Crippen MR) is 216 cm³/mol. The molecule has 14 heteroatoms. The molecule has 0 unspecified atom stereocenters. The average molecular weight is 785 g/mol. The predicted octanol–water partition coefficient (Wildman–Crippen LogP) is 6.88. The van der Waals surface area contributed by atoms with Gasteiger partial charge in [-0.15, -0.1) is 0 Å². The molecule has 0 saturated heterocycles. The van der Waals surface area contributed by atoms with Gasteiger partial charge in [-0.25, -0.2) is 9.78 Å². The van der Waals surface area contributed by atoms with E-state index in [9.17, 15) is 24.0 Å². The molecule has 3 amide bonds. The van der Waals surface area contributed by atoms with Crippen molar-refractivity contribution in [1.29, 1.82) is 0 Å². The number of carboxylic acid groups (broad SMARTS) is 2. The summed E-state index contributed by atoms with van der Waals surface area (Å²) in [5.74, 6) is -3.19. The number of hydrogen-bond donors (Lipinski definition) is 4. The standard InChI is InChI=1S/C42H49ClN6O7/c1-5-34(6-2)49(23-22-48(4)37(50)20-21-38(51)52)27-30-8-7-9-32(24-30)40(53)45-35-18-19-36(43)46-39(35)41(54)44-33-16-12-29(13-17-33)26-47(3)25-28-10-14-31(15-11-28)42(55)56/h7-19,24,34H,5-6,20-23,25-27H2,1-4H3,(H,44,54)(H,45,53)(H,51,52)(H,55,56). The number of hydrogen-bond acceptors (Lipinski definition) is 8. The highest BCUT2D eigenvalue weighted by atomic mass is 35.5. The third-order valence-electron chi connectivity index (χ3n) is 9.38. The van der Waals surface area contributed by atoms with E-state index in [1.807, 2.05) is 25.2 Å². The second-order valence-electron chi connectivity index (χ2n) is 13.7. The van der Waals surface area contributed by atoms with Crippen molar-refractivity contribution in [1.82, 2.24) is 19.7 Å². The molecule has 3 aromatic carbocycles. The number of carbonyl (C=O) groups is 5. The molecule has 296 valence electrons. The third kappa shape index (κ3) is 13.0. The van der Waals surface area contributed by atoms with Crippen molar-refractivity contribution in [3.63, 3.8) is 0 Å². The number of nitrogens with zero attached hydrogens (tertiary/aromatic N) is 4. The molecule has 0 spiro atoms. The van der Waals surface area contributed by atoms with Gasteiger partial charge in [0.25, 0.3) is 11.8 Å². The highest BCUT2D eigenvalue weighted by molar-refractivity contribution is 6.29. The van der Waals surface area contributed by atoms with Crippen LogP contribution in [0.1, 0.15) is 87.4 Å². The van der Waals surface area contributed by atoms with E-state index in [2.05, 4.69) is 39.3 Å². The molecule has 1 aromatic heterocycles. The number of aliphatic carboxylic acids is 1. The number of carboxylic acids is 2. The van der Waals surface area contributed by atoms with Crippen LogP contribution in [0.3, 0.4) is 0 Å². The van der Waals surface area contributed by atoms with E-state index in [0.717, 1.165) is 29.5 Å². The number of rotatable bonds is 20. The second-order valence-corrected chi connectivity index (χ2v) is 14.0. The second kappa shape index (κ2) is 20.9. The molecular weight excluding hydrogens is 736 g/mol. The summed E-state index contributed by atoms with van der Waals surface area (Å²) in [4.78, 5) is 71.6. The molecule has 0 bridgehead atoms. The molecule has 0 atom stereocenters. The Hall–Kier alpha value is -5.63. The SMILES string of the molecule is CCC(CC)N(CCN(C)C(=O)CCC(=O)O)Cc1cccc(C(=O)Nc2ccc(Cl)nc2C(=O)Nc2ccc(CN(C)Cc3ccc(C(=O)O)cc3)cc2)c1. The molecule has 0 aliphatic rings. The first-order valence-electron chi connectivity index (χ1n) is 18.4. The largest absolute Gasteiger partial charge is 0.481 e. The van der Waals surface area contributed by atoms with Crippen LogP contribution in [0.2, 0.25) is 5.15 Å². The van der Waals surface area contributed by atoms with Crippen LogP contribution in [0, 0.1) is 0 Å². The maximum atomic E-state index is 13.6. The highest BCUT2D eigenvalue weighted by Gasteiger charge is 2.21. The fourth-order valence-corrected chi connectivity index (χ4v) is 6.42. The fourth-order valence-electron chi connectivity index (χ4n) is 6.27. The Balaban J connectivity index is 1.39. The van der Waals surface area contributed by atoms with Crippen molar-refractivity contribution in [3.05, 3.63) is 124 Å². The smallest absolute Gasteiger partial charge is 0.335 e. The van der Waals surface area contributed by atoms with Crippen LogP contribution < -0.4 is 10.6 Å². The molecule has 0 aliphatic heterocycles. The van der Waals surface area contributed by atoms with E-state index in [1.165, 1.54) is 12.1 Å². The number of amides is 3. The molecular formula is C42H49ClN6O7. The molecule has 0 saturated carbocycles. The van der Waals surface area contributed by atoms with Gasteiger partial charge in [-0.05, 0) is 85.1 Å². The number of aromatic nitrogens is 1. The van der Waals surface area contributed by atoms with Crippen LogP contribution in [0.5, 0.6) is 0 Å². The van der Waals surface area contributed by atoms with Crippen LogP contribution in [-0.2, 0) is 29.2 Å². The van der Waals surface area contributed by atoms with Crippen LogP contribution in [0.25, 0.3) is 0 Å². The maximum Gasteiger partial charge on any atom is 0.335 e. The minimum atomic E-state index is -1.01. The van der Waals surface area contributed by atoms with E-state index >= 15 is 0 Å². The van der Waals surface area contributed by atoms with Gasteiger partial charge in [0.15, 0.2) is 5.69 Å². The van der Waals surface area contributed by atoms with Crippen LogP contribution in [-0.4, -0.2) is 92.8 Å². The summed E-state index contributed by atoms with van der Waals surface area (Å²) in [6, 6.07) is 24.6. The van der Waals surface area contributed by atoms with Gasteiger partial charge in [0, 0.05) is 63.5 Å². The minimum Gasteiger partial charge on any atom is -0.481 e. The molecule has 1 heterocycles. The zero-order valence-electron chi connectivity index (χ0n) is 32.1. The van der Waals surface area contributed by atoms with E-state index in [1.54, 1.807) is 66.5 Å². The van der Waals surface area contributed by atoms with Crippen molar-refractivity contribution in [2.24, 2.45) is 0 Å². The highest BCUT2D eigenvalue weighted by Crippen LogP contribution is 2.22. The first-order valence-corrected chi connectivity index (χ1v) is 18.8. The van der Waals surface area contributed by atoms with E-state index < -0.39 is 23.8 Å². The quantitative estimate of drug-likeness (QED) is 0.0692. The fraction of sp³-hybridized carbons (Fsp3) is 0.333. The molecule has 0 fully saturated rings. The van der Waals surface area contributed by atoms with E-state index in [-0.39, 0.29) is 46.9 Å². The van der Waals surface area contributed by atoms with Gasteiger partial charge < -0.3 is 25.7 Å². The number of aromatic carboxylic acids is 1. The van der Waals surface area contributed by atoms with Crippen molar-refractivity contribution in [2.75, 3.05) is 37.8 Å². The van der Waals surface area contributed by atoms with Crippen molar-refractivity contribution in [3.8, 4) is 0 Å². The number of halogens is 1. The summed E-state index contributed by atoms with van der Waals surface area (Å²) < 4.78 is 0. The van der Waals surface area contributed by atoms with Crippen molar-refractivity contribution < 1.29 is 34.2 Å². The Labute approximate surface area is 332 Å². The number of nitrogens with one attached hydrogen (secondary N) is 2. The number of carbonyl (C=O) groups excluding carboxylic acids is 3. The number of anilines is 2. The summed E-state index contributed by atoms with van der Waals surface area (Å²) in [6.45, 7) is 6.97. The van der Waals surface area contributed by atoms with Crippen molar-refractivity contribution in [2.45, 2.75) is 65.2 Å². The summed E-state index contributed by atoms with van der Waals surface area (Å²) in [5, 5.41) is 23.8. The minimum absolute atomic E-state index is 0.0518. The van der Waals surface area contributed by atoms with E-state index in [0.29, 0.717) is 44.0 Å². The average Bonchev–Trinajstić information content (AvgIpc) is 3.17. The molecule has 0 radical (unpaired) electrons. The van der Waals surface area contributed by atoms with Gasteiger partial charge in [0.05, 0.1) is 17.7 Å². The molecule has 4 rings (SSSR count). The van der Waals surface area contributed by atoms with Gasteiger partial charge in [0.2, 0.25) is 5.91 Å². The lowest BCUT2D eigenvalue weighted by Gasteiger charge is -2.32. The zero-order chi connectivity index (χ0) is 40.8. The molecule has 4 aromatic rings. The Morgan fingerprint density at radius 3 is 1.96 bits per heavy atom. The van der Waals surface area contributed by atoms with Crippen LogP contribution in [0.15, 0.2) is 84.9 Å². The Bertz CT molecular complexity index is 1990. The Morgan fingerprint density at radius 1 is 0.714 bits per heavy atom. The van der Waals surface area contributed by atoms with Crippen LogP contribution in [0.4, 0.5) is 11.4 Å². The lowest BCUT2D eigenvalue weighted by atomic mass is 10.1. The summed E-state index contributed by atoms with van der Waals surface area (Å²) >= 11 is 6.19. The normalized spacial score (nSPS) is 11.1. The van der Waals surface area contributed by atoms with E-state index in [4.69, 9.17) is 21.8 Å². The molecule has 0 aliphatic carbocycles. The van der Waals surface area contributed by atoms with Crippen LogP contribution >= 0.6 is 11.6 Å². The zero-order valence-corrected chi connectivity index (χ0v) is 32.9. The molecule has 13 nitrogen and oxygen atoms in total. The molecule has 4 N–H and O–H groups in total. The maximum absolute atomic E-state index is 13.6. The topological polar surface area (TPSA) is 172 Å². The number of pyridine rings is 1. The Morgan fingerprint density at radius 2 is 1.36 bits per heavy atom. The van der Waals surface area contributed by atoms with Gasteiger partial charge in [0.1, 0.15) is 5.15 Å². The lowest BCUT2D eigenvalue weighted by Crippen LogP contribution is -2.41. The van der Waals surface area contributed by atoms with Crippen molar-refractivity contribution >= 4 is 52.6 Å². The summed E-state index contributed by atoms with van der Waals surface area (Å²) in [6.07, 6.45) is 1.51. The van der Waals surface area contributed by atoms with Gasteiger partial charge >= 0.3 is 11.9 Å². The Kier molecular flexibility index (Phi) is 16.1. The van der Waals surface area contributed by atoms with Gasteiger partial charge in [-0.1, -0.05) is 61.8 Å². The summed E-state index contributed by atoms with van der Waals surface area (Å²) in [5.41, 5.74) is 4.15. The number of likely N-dealkylation sites (N-methyl/N-ethyl adjacent to an activating group) is 1. The first kappa shape index (κ1) is 43.1. The first-order chi connectivity index (χ1) is 26.8. The third-order valence-corrected chi connectivity index (χ3v) is 9.59. The summed E-state index contributed by atoms with van der Waals surface area (Å²) in [7, 11) is 3.63. The number of benzene rings is 3. The molecule has 56 heavy (non-hydrogen) atoms. The van der Waals surface area contributed by atoms with Gasteiger partial charge in [-0.2, -0.15) is 0 Å².